The van der Waals surface area contributed by atoms with E-state index in [9.17, 15) is 14.7 Å². The molecule has 1 heterocycles. The van der Waals surface area contributed by atoms with Crippen molar-refractivity contribution in [1.82, 2.24) is 15.3 Å². The highest BCUT2D eigenvalue weighted by atomic mass is 16.6. The first-order valence-corrected chi connectivity index (χ1v) is 7.99. The lowest BCUT2D eigenvalue weighted by Crippen LogP contribution is -2.44. The van der Waals surface area contributed by atoms with Crippen LogP contribution in [0, 0.1) is 0 Å². The summed E-state index contributed by atoms with van der Waals surface area (Å²) in [5.74, 6) is -0.691. The van der Waals surface area contributed by atoms with Crippen LogP contribution in [0.2, 0.25) is 0 Å². The first-order valence-electron chi connectivity index (χ1n) is 7.99. The molecule has 0 saturated carbocycles. The largest absolute Gasteiger partial charge is 0.480 e. The van der Waals surface area contributed by atoms with Crippen molar-refractivity contribution in [2.75, 3.05) is 0 Å². The second-order valence-corrected chi connectivity index (χ2v) is 6.52. The third kappa shape index (κ3) is 6.39. The zero-order valence-electron chi connectivity index (χ0n) is 14.8. The van der Waals surface area contributed by atoms with Crippen molar-refractivity contribution in [2.24, 2.45) is 0 Å². The van der Waals surface area contributed by atoms with Gasteiger partial charge in [0.05, 0.1) is 0 Å². The number of carbonyl (C=O) groups excluding carboxylic acids is 1. The highest BCUT2D eigenvalue weighted by Crippen LogP contribution is 2.19. The summed E-state index contributed by atoms with van der Waals surface area (Å²) >= 11 is 0. The molecule has 0 fully saturated rings. The number of nitrogens with one attached hydrogen (secondary N) is 1. The molecule has 0 bridgehead atoms. The van der Waals surface area contributed by atoms with Gasteiger partial charge in [-0.15, -0.1) is 0 Å². The van der Waals surface area contributed by atoms with Gasteiger partial charge in [0.1, 0.15) is 17.4 Å². The number of carboxylic acids is 1. The molecule has 8 heteroatoms. The minimum Gasteiger partial charge on any atom is -0.480 e. The van der Waals surface area contributed by atoms with Crippen molar-refractivity contribution in [3.8, 4) is 11.8 Å². The van der Waals surface area contributed by atoms with Gasteiger partial charge >= 0.3 is 18.1 Å². The van der Waals surface area contributed by atoms with Crippen molar-refractivity contribution < 1.29 is 24.2 Å². The second-order valence-electron chi connectivity index (χ2n) is 6.52. The molecule has 2 rings (SSSR count). The molecule has 1 unspecified atom stereocenters. The van der Waals surface area contributed by atoms with Crippen LogP contribution in [0.15, 0.2) is 42.7 Å². The lowest BCUT2D eigenvalue weighted by atomic mass is 10.1. The van der Waals surface area contributed by atoms with Crippen LogP contribution in [0.4, 0.5) is 4.79 Å². The number of aliphatic carboxylic acids is 1. The van der Waals surface area contributed by atoms with E-state index in [2.05, 4.69) is 15.3 Å². The molecule has 0 aliphatic heterocycles. The van der Waals surface area contributed by atoms with Crippen LogP contribution in [0.3, 0.4) is 0 Å². The summed E-state index contributed by atoms with van der Waals surface area (Å²) in [5.41, 5.74) is -0.0433. The normalized spacial score (nSPS) is 12.1. The van der Waals surface area contributed by atoms with Gasteiger partial charge in [0.15, 0.2) is 0 Å². The Morgan fingerprint density at radius 2 is 1.88 bits per heavy atom. The summed E-state index contributed by atoms with van der Waals surface area (Å²) < 4.78 is 10.6. The first-order chi connectivity index (χ1) is 12.2. The summed E-state index contributed by atoms with van der Waals surface area (Å²) in [7, 11) is 0. The summed E-state index contributed by atoms with van der Waals surface area (Å²) in [6.45, 7) is 5.11. The molecule has 0 aliphatic rings. The number of nitrogens with zero attached hydrogens (tertiary/aromatic N) is 2. The Bertz CT molecular complexity index is 759. The number of hydrogen-bond donors (Lipinski definition) is 2. The maximum absolute atomic E-state index is 11.8. The first kappa shape index (κ1) is 19.2. The number of benzene rings is 1. The Labute approximate surface area is 151 Å². The van der Waals surface area contributed by atoms with Gasteiger partial charge < -0.3 is 19.9 Å². The monoisotopic (exact) mass is 359 g/mol. The standard InChI is InChI=1S/C18H21N3O5/c1-18(2,3)26-17(24)21-14(15(22)23)11-12-6-4-7-13(10-12)25-16-19-8-5-9-20-16/h4-10,14H,11H2,1-3H3,(H,21,24)(H,22,23). The van der Waals surface area contributed by atoms with Gasteiger partial charge in [-0.25, -0.2) is 19.6 Å². The topological polar surface area (TPSA) is 111 Å². The van der Waals surface area contributed by atoms with Crippen molar-refractivity contribution in [3.05, 3.63) is 48.3 Å². The molecule has 8 nitrogen and oxygen atoms in total. The molecule has 1 atom stereocenters. The average Bonchev–Trinajstić information content (AvgIpc) is 2.53. The molecule has 0 saturated heterocycles. The smallest absolute Gasteiger partial charge is 0.408 e. The minimum absolute atomic E-state index is 0.0709. The fourth-order valence-electron chi connectivity index (χ4n) is 2.07. The minimum atomic E-state index is -1.16. The summed E-state index contributed by atoms with van der Waals surface area (Å²) in [5, 5.41) is 11.7. The lowest BCUT2D eigenvalue weighted by Gasteiger charge is -2.22. The molecule has 1 aromatic heterocycles. The van der Waals surface area contributed by atoms with E-state index in [0.717, 1.165) is 0 Å². The molecule has 0 spiro atoms. The van der Waals surface area contributed by atoms with Crippen molar-refractivity contribution in [1.29, 1.82) is 0 Å². The van der Waals surface area contributed by atoms with Crippen LogP contribution in [0.5, 0.6) is 11.8 Å². The van der Waals surface area contributed by atoms with Gasteiger partial charge in [0.2, 0.25) is 0 Å². The second kappa shape index (κ2) is 8.28. The van der Waals surface area contributed by atoms with Crippen LogP contribution < -0.4 is 10.1 Å². The highest BCUT2D eigenvalue weighted by molar-refractivity contribution is 5.80. The molecule has 2 N–H and O–H groups in total. The molecule has 0 aliphatic carbocycles. The fraction of sp³-hybridized carbons (Fsp3) is 0.333. The molecule has 2 aromatic rings. The predicted molar refractivity (Wildman–Crippen MR) is 93.0 cm³/mol. The molecule has 138 valence electrons. The lowest BCUT2D eigenvalue weighted by molar-refractivity contribution is -0.139. The third-order valence-corrected chi connectivity index (χ3v) is 3.08. The van der Waals surface area contributed by atoms with E-state index in [4.69, 9.17) is 9.47 Å². The molecule has 1 aromatic carbocycles. The molecule has 1 amide bonds. The molecular weight excluding hydrogens is 338 g/mol. The zero-order chi connectivity index (χ0) is 19.2. The number of amides is 1. The Morgan fingerprint density at radius 1 is 1.19 bits per heavy atom. The van der Waals surface area contributed by atoms with E-state index in [1.807, 2.05) is 0 Å². The van der Waals surface area contributed by atoms with E-state index < -0.39 is 23.7 Å². The average molecular weight is 359 g/mol. The number of hydrogen-bond acceptors (Lipinski definition) is 6. The van der Waals surface area contributed by atoms with Gasteiger partial charge in [0.25, 0.3) is 0 Å². The van der Waals surface area contributed by atoms with E-state index in [1.165, 1.54) is 0 Å². The maximum Gasteiger partial charge on any atom is 0.408 e. The predicted octanol–water partition coefficient (Wildman–Crippen LogP) is 2.79. The number of rotatable bonds is 6. The number of carbonyl (C=O) groups is 2. The van der Waals surface area contributed by atoms with Gasteiger partial charge in [-0.3, -0.25) is 0 Å². The summed E-state index contributed by atoms with van der Waals surface area (Å²) in [6.07, 6.45) is 2.39. The number of carboxylic acid groups (broad SMARTS) is 1. The molecular formula is C18H21N3O5. The zero-order valence-corrected chi connectivity index (χ0v) is 14.8. The van der Waals surface area contributed by atoms with Gasteiger partial charge in [-0.1, -0.05) is 12.1 Å². The molecule has 0 radical (unpaired) electrons. The number of ether oxygens (including phenoxy) is 2. The number of aromatic nitrogens is 2. The van der Waals surface area contributed by atoms with Crippen molar-refractivity contribution in [3.63, 3.8) is 0 Å². The van der Waals surface area contributed by atoms with Gasteiger partial charge in [-0.05, 0) is 44.5 Å². The van der Waals surface area contributed by atoms with Crippen LogP contribution in [0.25, 0.3) is 0 Å². The van der Waals surface area contributed by atoms with Crippen LogP contribution in [-0.2, 0) is 16.0 Å². The van der Waals surface area contributed by atoms with E-state index >= 15 is 0 Å². The van der Waals surface area contributed by atoms with E-state index in [0.29, 0.717) is 11.3 Å². The SMILES string of the molecule is CC(C)(C)OC(=O)NC(Cc1cccc(Oc2ncccn2)c1)C(=O)O. The highest BCUT2D eigenvalue weighted by Gasteiger charge is 2.24. The van der Waals surface area contributed by atoms with Crippen LogP contribution >= 0.6 is 0 Å². The Morgan fingerprint density at radius 3 is 2.50 bits per heavy atom. The van der Waals surface area contributed by atoms with Gasteiger partial charge in [-0.2, -0.15) is 0 Å². The van der Waals surface area contributed by atoms with Gasteiger partial charge in [0, 0.05) is 18.8 Å². The maximum atomic E-state index is 11.8. The quantitative estimate of drug-likeness (QED) is 0.816. The Kier molecular flexibility index (Phi) is 6.11. The van der Waals surface area contributed by atoms with Crippen LogP contribution in [0.1, 0.15) is 26.3 Å². The Balaban J connectivity index is 2.05. The van der Waals surface area contributed by atoms with Crippen molar-refractivity contribution >= 4 is 12.1 Å². The molecule has 26 heavy (non-hydrogen) atoms. The fourth-order valence-corrected chi connectivity index (χ4v) is 2.07. The van der Waals surface area contributed by atoms with E-state index in [1.54, 1.807) is 63.5 Å². The number of alkyl carbamates (subject to hydrolysis) is 1. The van der Waals surface area contributed by atoms with Crippen molar-refractivity contribution in [2.45, 2.75) is 38.8 Å². The summed E-state index contributed by atoms with van der Waals surface area (Å²) in [6, 6.07) is 7.56. The van der Waals surface area contributed by atoms with E-state index in [-0.39, 0.29) is 12.4 Å². The Hall–Kier alpha value is -3.16. The summed E-state index contributed by atoms with van der Waals surface area (Å²) in [4.78, 5) is 31.2. The van der Waals surface area contributed by atoms with Crippen LogP contribution in [-0.4, -0.2) is 38.8 Å². The third-order valence-electron chi connectivity index (χ3n) is 3.08.